The van der Waals surface area contributed by atoms with Crippen LogP contribution < -0.4 is 10.5 Å². The second-order valence-corrected chi connectivity index (χ2v) is 6.65. The zero-order chi connectivity index (χ0) is 13.5. The highest BCUT2D eigenvalue weighted by Gasteiger charge is 2.23. The second-order valence-electron chi connectivity index (χ2n) is 4.59. The molecule has 1 atom stereocenters. The number of ether oxygens (including phenoxy) is 1. The van der Waals surface area contributed by atoms with E-state index in [0.29, 0.717) is 16.3 Å². The number of sulfone groups is 1. The zero-order valence-corrected chi connectivity index (χ0v) is 12.7. The van der Waals surface area contributed by atoms with Crippen LogP contribution in [-0.2, 0) is 16.9 Å². The Bertz CT molecular complexity index is 607. The summed E-state index contributed by atoms with van der Waals surface area (Å²) in [6.07, 6.45) is 3.10. The van der Waals surface area contributed by atoms with Crippen LogP contribution in [0.5, 0.6) is 5.88 Å². The topological polar surface area (TPSA) is 87.2 Å². The Kier molecular flexibility index (Phi) is 4.65. The maximum atomic E-state index is 11.7. The summed E-state index contributed by atoms with van der Waals surface area (Å²) in [5.41, 5.74) is 7.30. The van der Waals surface area contributed by atoms with Gasteiger partial charge in [0.25, 0.3) is 0 Å². The number of aryl methyl sites for hydroxylation is 2. The average molecular weight is 308 g/mol. The number of fused-ring (bicyclic) bond motifs is 1. The van der Waals surface area contributed by atoms with Crippen molar-refractivity contribution in [1.82, 2.24) is 9.78 Å². The zero-order valence-electron chi connectivity index (χ0n) is 11.1. The van der Waals surface area contributed by atoms with Crippen LogP contribution in [-0.4, -0.2) is 37.1 Å². The lowest BCUT2D eigenvalue weighted by molar-refractivity contribution is 0.263. The van der Waals surface area contributed by atoms with Crippen LogP contribution in [0.25, 0.3) is 6.08 Å². The van der Waals surface area contributed by atoms with E-state index in [9.17, 15) is 8.42 Å². The van der Waals surface area contributed by atoms with Crippen molar-refractivity contribution in [3.8, 4) is 5.88 Å². The van der Waals surface area contributed by atoms with Gasteiger partial charge >= 0.3 is 0 Å². The Hall–Kier alpha value is -1.05. The quantitative estimate of drug-likeness (QED) is 0.823. The molecule has 0 radical (unpaired) electrons. The molecule has 6 nitrogen and oxygen atoms in total. The van der Waals surface area contributed by atoms with Gasteiger partial charge in [0.05, 0.1) is 11.3 Å². The standard InChI is InChI=1S/C11H17N3O3S.ClH/c1-7-10-5-9(18(3,15)16)4-8(12)6-17-11(10)14(2)13-7;/h5,8H,4,6,12H2,1-3H3;1H/b9-5+;. The summed E-state index contributed by atoms with van der Waals surface area (Å²) in [5, 5.41) is 4.23. The van der Waals surface area contributed by atoms with Crippen molar-refractivity contribution in [3.05, 3.63) is 16.2 Å². The molecule has 8 heteroatoms. The number of hydrogen-bond acceptors (Lipinski definition) is 5. The van der Waals surface area contributed by atoms with Crippen molar-refractivity contribution in [3.63, 3.8) is 0 Å². The monoisotopic (exact) mass is 307 g/mol. The predicted octanol–water partition coefficient (Wildman–Crippen LogP) is 0.646. The number of rotatable bonds is 1. The van der Waals surface area contributed by atoms with E-state index in [1.165, 1.54) is 6.26 Å². The molecular formula is C11H18ClN3O3S. The summed E-state index contributed by atoms with van der Waals surface area (Å²) in [4.78, 5) is 0.329. The number of halogens is 1. The molecule has 1 aliphatic rings. The fourth-order valence-corrected chi connectivity index (χ4v) is 2.82. The first kappa shape index (κ1) is 16.0. The summed E-state index contributed by atoms with van der Waals surface area (Å²) in [6.45, 7) is 2.10. The van der Waals surface area contributed by atoms with Gasteiger partial charge in [0.1, 0.15) is 6.61 Å². The van der Waals surface area contributed by atoms with Gasteiger partial charge < -0.3 is 10.5 Å². The Labute approximate surface area is 118 Å². The number of nitrogens with zero attached hydrogens (tertiary/aromatic N) is 2. The molecule has 1 aliphatic heterocycles. The third kappa shape index (κ3) is 3.29. The lowest BCUT2D eigenvalue weighted by Gasteiger charge is -2.18. The number of hydrogen-bond donors (Lipinski definition) is 1. The van der Waals surface area contributed by atoms with E-state index in [4.69, 9.17) is 10.5 Å². The molecule has 0 fully saturated rings. The molecular weight excluding hydrogens is 290 g/mol. The van der Waals surface area contributed by atoms with E-state index in [-0.39, 0.29) is 31.5 Å². The largest absolute Gasteiger partial charge is 0.476 e. The normalized spacial score (nSPS) is 22.1. The molecule has 0 aromatic carbocycles. The van der Waals surface area contributed by atoms with Crippen molar-refractivity contribution in [2.75, 3.05) is 12.9 Å². The van der Waals surface area contributed by atoms with Gasteiger partial charge in [0.2, 0.25) is 5.88 Å². The van der Waals surface area contributed by atoms with Crippen LogP contribution in [0, 0.1) is 6.92 Å². The first-order valence-corrected chi connectivity index (χ1v) is 7.51. The van der Waals surface area contributed by atoms with E-state index in [0.717, 1.165) is 5.69 Å². The Morgan fingerprint density at radius 2 is 2.16 bits per heavy atom. The summed E-state index contributed by atoms with van der Waals surface area (Å²) in [7, 11) is -1.50. The molecule has 0 bridgehead atoms. The Morgan fingerprint density at radius 3 is 2.74 bits per heavy atom. The van der Waals surface area contributed by atoms with E-state index < -0.39 is 9.84 Å². The van der Waals surface area contributed by atoms with Crippen LogP contribution in [0.15, 0.2) is 4.91 Å². The smallest absolute Gasteiger partial charge is 0.219 e. The maximum Gasteiger partial charge on any atom is 0.219 e. The maximum absolute atomic E-state index is 11.7. The van der Waals surface area contributed by atoms with Gasteiger partial charge in [-0.2, -0.15) is 5.10 Å². The van der Waals surface area contributed by atoms with Crippen molar-refractivity contribution < 1.29 is 13.2 Å². The van der Waals surface area contributed by atoms with Crippen LogP contribution >= 0.6 is 12.4 Å². The molecule has 0 spiro atoms. The van der Waals surface area contributed by atoms with Gasteiger partial charge in [-0.3, -0.25) is 0 Å². The van der Waals surface area contributed by atoms with E-state index in [2.05, 4.69) is 5.10 Å². The SMILES string of the molecule is Cc1nn(C)c2c1/C=C(/S(C)(=O)=O)CC(N)CO2.Cl. The van der Waals surface area contributed by atoms with Gasteiger partial charge in [0.15, 0.2) is 9.84 Å². The highest BCUT2D eigenvalue weighted by Crippen LogP contribution is 2.29. The van der Waals surface area contributed by atoms with Crippen molar-refractivity contribution in [1.29, 1.82) is 0 Å². The van der Waals surface area contributed by atoms with Gasteiger partial charge in [-0.05, 0) is 13.0 Å². The van der Waals surface area contributed by atoms with Crippen molar-refractivity contribution in [2.45, 2.75) is 19.4 Å². The van der Waals surface area contributed by atoms with E-state index >= 15 is 0 Å². The van der Waals surface area contributed by atoms with Crippen LogP contribution in [0.4, 0.5) is 0 Å². The molecule has 2 heterocycles. The summed E-state index contributed by atoms with van der Waals surface area (Å²) >= 11 is 0. The Balaban J connectivity index is 0.00000180. The molecule has 0 aliphatic carbocycles. The van der Waals surface area contributed by atoms with Crippen LogP contribution in [0.1, 0.15) is 17.7 Å². The molecule has 2 rings (SSSR count). The molecule has 2 N–H and O–H groups in total. The minimum atomic E-state index is -3.26. The van der Waals surface area contributed by atoms with E-state index in [1.54, 1.807) is 17.8 Å². The second kappa shape index (κ2) is 5.52. The van der Waals surface area contributed by atoms with Gasteiger partial charge in [-0.1, -0.05) is 0 Å². The summed E-state index contributed by atoms with van der Waals surface area (Å²) in [5.74, 6) is 0.559. The fraction of sp³-hybridized carbons (Fsp3) is 0.545. The molecule has 19 heavy (non-hydrogen) atoms. The highest BCUT2D eigenvalue weighted by molar-refractivity contribution is 7.94. The van der Waals surface area contributed by atoms with Gasteiger partial charge in [-0.25, -0.2) is 13.1 Å². The molecule has 1 unspecified atom stereocenters. The predicted molar refractivity (Wildman–Crippen MR) is 76.1 cm³/mol. The third-order valence-electron chi connectivity index (χ3n) is 2.89. The van der Waals surface area contributed by atoms with Crippen molar-refractivity contribution in [2.24, 2.45) is 12.8 Å². The number of nitrogens with two attached hydrogens (primary N) is 1. The number of aromatic nitrogens is 2. The molecule has 0 amide bonds. The highest BCUT2D eigenvalue weighted by atomic mass is 35.5. The summed E-state index contributed by atoms with van der Waals surface area (Å²) < 4.78 is 30.7. The van der Waals surface area contributed by atoms with Crippen LogP contribution in [0.3, 0.4) is 0 Å². The summed E-state index contributed by atoms with van der Waals surface area (Å²) in [6, 6.07) is -0.339. The van der Waals surface area contributed by atoms with Gasteiger partial charge in [-0.15, -0.1) is 12.4 Å². The molecule has 108 valence electrons. The molecule has 1 aromatic heterocycles. The first-order chi connectivity index (χ1) is 8.29. The van der Waals surface area contributed by atoms with Crippen molar-refractivity contribution >= 4 is 28.3 Å². The fourth-order valence-electron chi connectivity index (χ4n) is 1.97. The van der Waals surface area contributed by atoms with Crippen LogP contribution in [0.2, 0.25) is 0 Å². The first-order valence-electron chi connectivity index (χ1n) is 5.61. The lowest BCUT2D eigenvalue weighted by atomic mass is 10.1. The minimum Gasteiger partial charge on any atom is -0.476 e. The lowest BCUT2D eigenvalue weighted by Crippen LogP contribution is -2.30. The van der Waals surface area contributed by atoms with Gasteiger partial charge in [0, 0.05) is 30.7 Å². The molecule has 0 saturated heterocycles. The van der Waals surface area contributed by atoms with E-state index in [1.807, 2.05) is 6.92 Å². The molecule has 0 saturated carbocycles. The Morgan fingerprint density at radius 1 is 1.53 bits per heavy atom. The third-order valence-corrected chi connectivity index (χ3v) is 4.13. The average Bonchev–Trinajstić information content (AvgIpc) is 2.45. The minimum absolute atomic E-state index is 0. The molecule has 1 aromatic rings.